The summed E-state index contributed by atoms with van der Waals surface area (Å²) < 4.78 is 4.41. The molecule has 0 aromatic rings. The second-order valence-corrected chi connectivity index (χ2v) is 3.16. The van der Waals surface area contributed by atoms with Gasteiger partial charge in [0.05, 0.1) is 0 Å². The van der Waals surface area contributed by atoms with Crippen LogP contribution in [0.3, 0.4) is 0 Å². The molecular formula is C11H18O3Zn. The van der Waals surface area contributed by atoms with Crippen LogP contribution in [0.15, 0.2) is 12.7 Å². The molecule has 0 aromatic heterocycles. The average molecular weight is 264 g/mol. The molecule has 0 aromatic carbocycles. The monoisotopic (exact) mass is 262 g/mol. The second kappa shape index (κ2) is 11.6. The molecule has 3 nitrogen and oxygen atoms in total. The van der Waals surface area contributed by atoms with E-state index in [0.717, 1.165) is 25.3 Å². The van der Waals surface area contributed by atoms with Crippen molar-refractivity contribution in [2.24, 2.45) is 0 Å². The van der Waals surface area contributed by atoms with Gasteiger partial charge in [-0.3, -0.25) is 4.79 Å². The van der Waals surface area contributed by atoms with Crippen LogP contribution in [0.25, 0.3) is 0 Å². The smallest absolute Gasteiger partial charge is 0.337 e. The van der Waals surface area contributed by atoms with E-state index in [1.165, 1.54) is 12.8 Å². The van der Waals surface area contributed by atoms with Gasteiger partial charge in [-0.1, -0.05) is 39.2 Å². The summed E-state index contributed by atoms with van der Waals surface area (Å²) in [6.07, 6.45) is 6.64. The third-order valence-electron chi connectivity index (χ3n) is 1.87. The zero-order valence-corrected chi connectivity index (χ0v) is 12.4. The molecule has 0 radical (unpaired) electrons. The molecule has 0 N–H and O–H groups in total. The molecule has 0 aliphatic carbocycles. The van der Waals surface area contributed by atoms with E-state index in [1.807, 2.05) is 0 Å². The molecule has 0 bridgehead atoms. The number of hydrogen-bond acceptors (Lipinski definition) is 3. The van der Waals surface area contributed by atoms with Gasteiger partial charge in [-0.25, -0.2) is 4.79 Å². The standard InChI is InChI=1S/C11H18O3.Zn/c1-3-5-6-7-8-9-11(13)14-10(12)4-2;/h4H,2-3,5-9H2,1H3;. The van der Waals surface area contributed by atoms with Crippen molar-refractivity contribution in [1.29, 1.82) is 0 Å². The van der Waals surface area contributed by atoms with Gasteiger partial charge >= 0.3 is 11.9 Å². The molecule has 0 aliphatic rings. The first-order chi connectivity index (χ1) is 6.70. The van der Waals surface area contributed by atoms with E-state index >= 15 is 0 Å². The van der Waals surface area contributed by atoms with Crippen LogP contribution >= 0.6 is 0 Å². The quantitative estimate of drug-likeness (QED) is 0.233. The molecule has 0 rings (SSSR count). The van der Waals surface area contributed by atoms with E-state index in [0.29, 0.717) is 6.42 Å². The Morgan fingerprint density at radius 2 is 1.80 bits per heavy atom. The Labute approximate surface area is 104 Å². The number of carbonyl (C=O) groups is 2. The molecule has 0 heterocycles. The third kappa shape index (κ3) is 11.4. The fourth-order valence-electron chi connectivity index (χ4n) is 1.08. The fourth-order valence-corrected chi connectivity index (χ4v) is 1.08. The Morgan fingerprint density at radius 3 is 2.33 bits per heavy atom. The van der Waals surface area contributed by atoms with Crippen LogP contribution in [0.4, 0.5) is 0 Å². The number of unbranched alkanes of at least 4 members (excludes halogenated alkanes) is 4. The van der Waals surface area contributed by atoms with Crippen LogP contribution in [-0.4, -0.2) is 11.9 Å². The van der Waals surface area contributed by atoms with Crippen molar-refractivity contribution in [2.75, 3.05) is 0 Å². The van der Waals surface area contributed by atoms with Crippen LogP contribution in [0.5, 0.6) is 0 Å². The molecule has 0 aliphatic heterocycles. The minimum atomic E-state index is -0.663. The van der Waals surface area contributed by atoms with E-state index in [1.54, 1.807) is 0 Å². The van der Waals surface area contributed by atoms with Gasteiger partial charge in [-0.2, -0.15) is 0 Å². The summed E-state index contributed by atoms with van der Waals surface area (Å²) in [5, 5.41) is 0. The number of esters is 2. The van der Waals surface area contributed by atoms with E-state index in [-0.39, 0.29) is 19.5 Å². The average Bonchev–Trinajstić information content (AvgIpc) is 2.17. The van der Waals surface area contributed by atoms with E-state index < -0.39 is 11.9 Å². The Bertz CT molecular complexity index is 202. The van der Waals surface area contributed by atoms with Crippen molar-refractivity contribution in [3.63, 3.8) is 0 Å². The van der Waals surface area contributed by atoms with Gasteiger partial charge in [-0.05, 0) is 6.42 Å². The van der Waals surface area contributed by atoms with Gasteiger partial charge in [0, 0.05) is 32.0 Å². The molecule has 0 saturated heterocycles. The third-order valence-corrected chi connectivity index (χ3v) is 1.87. The van der Waals surface area contributed by atoms with Crippen LogP contribution in [0, 0.1) is 0 Å². The molecule has 0 saturated carbocycles. The van der Waals surface area contributed by atoms with E-state index in [4.69, 9.17) is 0 Å². The molecule has 15 heavy (non-hydrogen) atoms. The molecule has 0 spiro atoms. The first kappa shape index (κ1) is 16.9. The van der Waals surface area contributed by atoms with Crippen LogP contribution in [0.1, 0.15) is 45.4 Å². The molecule has 0 amide bonds. The zero-order valence-electron chi connectivity index (χ0n) is 9.46. The Kier molecular flexibility index (Phi) is 13.1. The van der Waals surface area contributed by atoms with Gasteiger partial charge < -0.3 is 4.74 Å². The first-order valence-corrected chi connectivity index (χ1v) is 5.07. The van der Waals surface area contributed by atoms with Gasteiger partial charge in [0.15, 0.2) is 0 Å². The van der Waals surface area contributed by atoms with Crippen molar-refractivity contribution in [2.45, 2.75) is 45.4 Å². The van der Waals surface area contributed by atoms with Gasteiger partial charge in [0.25, 0.3) is 0 Å². The number of rotatable bonds is 7. The van der Waals surface area contributed by atoms with Gasteiger partial charge in [0.1, 0.15) is 0 Å². The Morgan fingerprint density at radius 1 is 1.20 bits per heavy atom. The summed E-state index contributed by atoms with van der Waals surface area (Å²) in [6, 6.07) is 0. The first-order valence-electron chi connectivity index (χ1n) is 5.07. The van der Waals surface area contributed by atoms with E-state index in [9.17, 15) is 9.59 Å². The van der Waals surface area contributed by atoms with Gasteiger partial charge in [-0.15, -0.1) is 0 Å². The fraction of sp³-hybridized carbons (Fsp3) is 0.636. The van der Waals surface area contributed by atoms with Crippen LogP contribution in [-0.2, 0) is 33.8 Å². The largest absolute Gasteiger partial charge is 0.390 e. The normalized spacial score (nSPS) is 8.87. The predicted molar refractivity (Wildman–Crippen MR) is 54.7 cm³/mol. The van der Waals surface area contributed by atoms with Crippen LogP contribution in [0.2, 0.25) is 0 Å². The predicted octanol–water partition coefficient (Wildman–Crippen LogP) is 2.60. The number of carbonyl (C=O) groups excluding carboxylic acids is 2. The van der Waals surface area contributed by atoms with Crippen LogP contribution < -0.4 is 0 Å². The zero-order chi connectivity index (χ0) is 10.8. The van der Waals surface area contributed by atoms with Crippen molar-refractivity contribution in [1.82, 2.24) is 0 Å². The van der Waals surface area contributed by atoms with Crippen molar-refractivity contribution in [3.8, 4) is 0 Å². The molecule has 0 unspecified atom stereocenters. The second-order valence-electron chi connectivity index (χ2n) is 3.16. The summed E-state index contributed by atoms with van der Waals surface area (Å²) in [4.78, 5) is 21.6. The summed E-state index contributed by atoms with van der Waals surface area (Å²) in [5.74, 6) is -1.12. The molecule has 4 heteroatoms. The van der Waals surface area contributed by atoms with Gasteiger partial charge in [0.2, 0.25) is 0 Å². The molecule has 0 fully saturated rings. The SMILES string of the molecule is C=CC(=O)OC(=O)CCCCCCC.[Zn]. The summed E-state index contributed by atoms with van der Waals surface area (Å²) in [5.41, 5.74) is 0. The maximum Gasteiger partial charge on any atom is 0.337 e. The summed E-state index contributed by atoms with van der Waals surface area (Å²) in [6.45, 7) is 5.34. The molecule has 82 valence electrons. The summed E-state index contributed by atoms with van der Waals surface area (Å²) >= 11 is 0. The maximum atomic E-state index is 11.0. The Balaban J connectivity index is 0. The van der Waals surface area contributed by atoms with Crippen molar-refractivity contribution >= 4 is 11.9 Å². The van der Waals surface area contributed by atoms with Crippen molar-refractivity contribution in [3.05, 3.63) is 12.7 Å². The molecular weight excluding hydrogens is 246 g/mol. The minimum Gasteiger partial charge on any atom is -0.390 e. The number of ether oxygens (including phenoxy) is 1. The summed E-state index contributed by atoms with van der Waals surface area (Å²) in [7, 11) is 0. The van der Waals surface area contributed by atoms with Crippen molar-refractivity contribution < 1.29 is 33.8 Å². The molecule has 0 atom stereocenters. The Hall–Kier alpha value is -0.497. The maximum absolute atomic E-state index is 11.0. The van der Waals surface area contributed by atoms with E-state index in [2.05, 4.69) is 18.2 Å². The minimum absolute atomic E-state index is 0. The number of hydrogen-bond donors (Lipinski definition) is 0. The topological polar surface area (TPSA) is 43.4 Å².